The molecule has 2 aromatic carbocycles. The maximum atomic E-state index is 14.7. The Balaban J connectivity index is 1.59. The van der Waals surface area contributed by atoms with E-state index in [1.807, 2.05) is 6.92 Å². The number of methoxy groups -OCH3 is 1. The van der Waals surface area contributed by atoms with E-state index < -0.39 is 0 Å². The van der Waals surface area contributed by atoms with Gasteiger partial charge in [0.25, 0.3) is 5.91 Å². The summed E-state index contributed by atoms with van der Waals surface area (Å²) in [5.41, 5.74) is 9.43. The van der Waals surface area contributed by atoms with E-state index in [0.717, 1.165) is 5.56 Å². The van der Waals surface area contributed by atoms with Crippen LogP contribution in [0.4, 0.5) is 14.5 Å². The van der Waals surface area contributed by atoms with E-state index in [1.165, 1.54) is 6.07 Å². The molecule has 1 fully saturated rings. The van der Waals surface area contributed by atoms with Gasteiger partial charge in [-0.25, -0.2) is 8.78 Å². The third kappa shape index (κ3) is 3.97. The maximum Gasteiger partial charge on any atom is 0.256 e. The summed E-state index contributed by atoms with van der Waals surface area (Å²) in [6.45, 7) is 5.50. The second-order valence-electron chi connectivity index (χ2n) is 8.62. The molecule has 0 bridgehead atoms. The number of anilines is 1. The fourth-order valence-electron chi connectivity index (χ4n) is 4.79. The van der Waals surface area contributed by atoms with Crippen LogP contribution in [0.1, 0.15) is 45.8 Å². The largest absolute Gasteiger partial charge is 0.399 e. The summed E-state index contributed by atoms with van der Waals surface area (Å²) < 4.78 is 36.3. The minimum absolute atomic E-state index is 0.0171. The van der Waals surface area contributed by atoms with E-state index in [4.69, 9.17) is 10.5 Å². The normalized spacial score (nSPS) is 15.0. The van der Waals surface area contributed by atoms with Gasteiger partial charge in [-0.1, -0.05) is 6.07 Å². The molecule has 0 unspecified atom stereocenters. The van der Waals surface area contributed by atoms with Crippen molar-refractivity contribution in [3.63, 3.8) is 0 Å². The lowest BCUT2D eigenvalue weighted by Gasteiger charge is -2.32. The molecule has 4 rings (SSSR count). The first kappa shape index (κ1) is 22.3. The average Bonchev–Trinajstić information content (AvgIpc) is 3.18. The molecule has 7 heteroatoms. The Bertz CT molecular complexity index is 1160. The third-order valence-corrected chi connectivity index (χ3v) is 6.47. The Morgan fingerprint density at radius 2 is 1.88 bits per heavy atom. The lowest BCUT2D eigenvalue weighted by Crippen LogP contribution is -2.38. The summed E-state index contributed by atoms with van der Waals surface area (Å²) in [5, 5.41) is 0.644. The number of benzene rings is 2. The summed E-state index contributed by atoms with van der Waals surface area (Å²) in [7, 11) is 1.59. The van der Waals surface area contributed by atoms with Crippen molar-refractivity contribution in [2.45, 2.75) is 39.2 Å². The quantitative estimate of drug-likeness (QED) is 0.580. The number of rotatable bonds is 5. The fraction of sp³-hybridized carbons (Fsp3) is 0.400. The molecule has 2 N–H and O–H groups in total. The highest BCUT2D eigenvalue weighted by Crippen LogP contribution is 2.34. The van der Waals surface area contributed by atoms with Gasteiger partial charge in [0.05, 0.1) is 17.7 Å². The number of ether oxygens (including phenoxy) is 1. The summed E-state index contributed by atoms with van der Waals surface area (Å²) in [6.07, 6.45) is 3.04. The number of fused-ring (bicyclic) bond motifs is 1. The van der Waals surface area contributed by atoms with Gasteiger partial charge in [-0.05, 0) is 67.5 Å². The molecule has 1 aliphatic rings. The van der Waals surface area contributed by atoms with Gasteiger partial charge >= 0.3 is 0 Å². The topological polar surface area (TPSA) is 60.5 Å². The van der Waals surface area contributed by atoms with Crippen LogP contribution in [0.15, 0.2) is 30.5 Å². The zero-order valence-corrected chi connectivity index (χ0v) is 18.8. The Morgan fingerprint density at radius 1 is 1.16 bits per heavy atom. The van der Waals surface area contributed by atoms with Crippen molar-refractivity contribution in [1.29, 1.82) is 0 Å². The maximum absolute atomic E-state index is 14.7. The lowest BCUT2D eigenvalue weighted by molar-refractivity contribution is 0.0714. The molecule has 0 spiro atoms. The van der Waals surface area contributed by atoms with Crippen LogP contribution in [-0.4, -0.2) is 42.2 Å². The first-order chi connectivity index (χ1) is 15.3. The number of hydrogen-bond acceptors (Lipinski definition) is 3. The predicted octanol–water partition coefficient (Wildman–Crippen LogP) is 4.78. The number of aromatic nitrogens is 1. The minimum Gasteiger partial charge on any atom is -0.399 e. The molecule has 32 heavy (non-hydrogen) atoms. The highest BCUT2D eigenvalue weighted by molar-refractivity contribution is 6.08. The number of nitrogens with zero attached hydrogens (tertiary/aromatic N) is 2. The fourth-order valence-corrected chi connectivity index (χ4v) is 4.79. The molecule has 170 valence electrons. The number of carbonyl (C=O) groups excluding carboxylic acids is 1. The number of halogens is 2. The monoisotopic (exact) mass is 441 g/mol. The second-order valence-corrected chi connectivity index (χ2v) is 8.62. The highest BCUT2D eigenvalue weighted by Gasteiger charge is 2.29. The molecule has 2 heterocycles. The summed E-state index contributed by atoms with van der Waals surface area (Å²) >= 11 is 0. The van der Waals surface area contributed by atoms with Crippen molar-refractivity contribution >= 4 is 22.5 Å². The van der Waals surface area contributed by atoms with Gasteiger partial charge < -0.3 is 19.9 Å². The molecular weight excluding hydrogens is 412 g/mol. The van der Waals surface area contributed by atoms with Crippen molar-refractivity contribution < 1.29 is 18.3 Å². The van der Waals surface area contributed by atoms with Crippen LogP contribution in [-0.2, 0) is 11.3 Å². The van der Waals surface area contributed by atoms with Crippen LogP contribution in [0, 0.1) is 25.5 Å². The Morgan fingerprint density at radius 3 is 2.56 bits per heavy atom. The van der Waals surface area contributed by atoms with Crippen LogP contribution >= 0.6 is 0 Å². The highest BCUT2D eigenvalue weighted by atomic mass is 19.1. The van der Waals surface area contributed by atoms with E-state index in [-0.39, 0.29) is 23.5 Å². The van der Waals surface area contributed by atoms with Crippen LogP contribution in [0.3, 0.4) is 0 Å². The van der Waals surface area contributed by atoms with Crippen molar-refractivity contribution in [3.8, 4) is 0 Å². The molecule has 0 radical (unpaired) electrons. The van der Waals surface area contributed by atoms with Gasteiger partial charge in [-0.3, -0.25) is 4.79 Å². The molecule has 0 aliphatic carbocycles. The zero-order chi connectivity index (χ0) is 23.0. The van der Waals surface area contributed by atoms with Gasteiger partial charge in [0.15, 0.2) is 0 Å². The van der Waals surface area contributed by atoms with Crippen LogP contribution in [0.25, 0.3) is 10.9 Å². The molecule has 1 aromatic heterocycles. The molecule has 0 saturated carbocycles. The van der Waals surface area contributed by atoms with Gasteiger partial charge in [0.2, 0.25) is 0 Å². The standard InChI is InChI=1S/C25H29F2N3O2/c1-15-4-5-21(26)24-22(15)20(14-30(24)10-11-32-3)25(31)29-8-6-17(7-9-29)19-13-18(28)12-16(2)23(19)27/h4-5,12-14,17H,6-11,28H2,1-3H3. The van der Waals surface area contributed by atoms with Crippen molar-refractivity contribution in [3.05, 3.63) is 64.4 Å². The average molecular weight is 442 g/mol. The smallest absolute Gasteiger partial charge is 0.256 e. The Labute approximate surface area is 186 Å². The first-order valence-corrected chi connectivity index (χ1v) is 10.9. The van der Waals surface area contributed by atoms with Gasteiger partial charge in [0.1, 0.15) is 11.6 Å². The zero-order valence-electron chi connectivity index (χ0n) is 18.8. The third-order valence-electron chi connectivity index (χ3n) is 6.47. The summed E-state index contributed by atoms with van der Waals surface area (Å²) in [5.74, 6) is -0.672. The van der Waals surface area contributed by atoms with E-state index in [1.54, 1.807) is 47.9 Å². The first-order valence-electron chi connectivity index (χ1n) is 10.9. The van der Waals surface area contributed by atoms with Crippen LogP contribution in [0.5, 0.6) is 0 Å². The lowest BCUT2D eigenvalue weighted by atomic mass is 9.87. The molecule has 3 aromatic rings. The predicted molar refractivity (Wildman–Crippen MR) is 122 cm³/mol. The van der Waals surface area contributed by atoms with E-state index in [9.17, 15) is 13.6 Å². The van der Waals surface area contributed by atoms with Crippen LogP contribution in [0.2, 0.25) is 0 Å². The molecule has 5 nitrogen and oxygen atoms in total. The molecule has 1 aliphatic heterocycles. The Hall–Kier alpha value is -2.93. The number of piperidine rings is 1. The number of nitrogens with two attached hydrogens (primary N) is 1. The van der Waals surface area contributed by atoms with Crippen LogP contribution < -0.4 is 5.73 Å². The molecular formula is C25H29F2N3O2. The molecule has 1 amide bonds. The summed E-state index contributed by atoms with van der Waals surface area (Å²) in [4.78, 5) is 15.2. The number of carbonyl (C=O) groups is 1. The molecule has 0 atom stereocenters. The van der Waals surface area contributed by atoms with Gasteiger partial charge in [-0.2, -0.15) is 0 Å². The number of likely N-dealkylation sites (tertiary alicyclic amines) is 1. The number of nitrogen functional groups attached to an aromatic ring is 1. The van der Waals surface area contributed by atoms with Gasteiger partial charge in [-0.15, -0.1) is 0 Å². The number of aryl methyl sites for hydroxylation is 2. The van der Waals surface area contributed by atoms with E-state index >= 15 is 0 Å². The molecule has 1 saturated heterocycles. The van der Waals surface area contributed by atoms with Crippen molar-refractivity contribution in [2.75, 3.05) is 32.5 Å². The van der Waals surface area contributed by atoms with Crippen molar-refractivity contribution in [2.24, 2.45) is 0 Å². The van der Waals surface area contributed by atoms with Crippen molar-refractivity contribution in [1.82, 2.24) is 9.47 Å². The SMILES string of the molecule is COCCn1cc(C(=O)N2CCC(c3cc(N)cc(C)c3F)CC2)c2c(C)ccc(F)c21. The Kier molecular flexibility index (Phi) is 6.20. The number of hydrogen-bond donors (Lipinski definition) is 1. The second kappa shape index (κ2) is 8.90. The van der Waals surface area contributed by atoms with E-state index in [0.29, 0.717) is 72.4 Å². The van der Waals surface area contributed by atoms with Gasteiger partial charge in [0, 0.05) is 44.0 Å². The number of amides is 1. The summed E-state index contributed by atoms with van der Waals surface area (Å²) in [6, 6.07) is 6.48. The van der Waals surface area contributed by atoms with E-state index in [2.05, 4.69) is 0 Å². The minimum atomic E-state index is -0.355.